The van der Waals surface area contributed by atoms with Gasteiger partial charge in [-0.05, 0) is 38.0 Å². The second-order valence-corrected chi connectivity index (χ2v) is 4.67. The quantitative estimate of drug-likeness (QED) is 0.539. The van der Waals surface area contributed by atoms with Gasteiger partial charge in [-0.2, -0.15) is 11.8 Å². The number of rotatable bonds is 6. The van der Waals surface area contributed by atoms with Gasteiger partial charge in [-0.3, -0.25) is 4.79 Å². The summed E-state index contributed by atoms with van der Waals surface area (Å²) in [6.07, 6.45) is 5.08. The summed E-state index contributed by atoms with van der Waals surface area (Å²) in [5.74, 6) is 1.44. The molecule has 14 heavy (non-hydrogen) atoms. The predicted molar refractivity (Wildman–Crippen MR) is 59.6 cm³/mol. The Kier molecular flexibility index (Phi) is 6.03. The summed E-state index contributed by atoms with van der Waals surface area (Å²) in [4.78, 5) is 10.8. The van der Waals surface area contributed by atoms with Gasteiger partial charge in [0.2, 0.25) is 0 Å². The van der Waals surface area contributed by atoms with E-state index in [1.165, 1.54) is 39.3 Å². The molecular formula is C10H19NO2S. The van der Waals surface area contributed by atoms with Crippen molar-refractivity contribution in [3.8, 4) is 0 Å². The monoisotopic (exact) mass is 217 g/mol. The van der Waals surface area contributed by atoms with Gasteiger partial charge in [-0.15, -0.1) is 0 Å². The number of hydrogen-bond acceptors (Lipinski definition) is 4. The number of thioether (sulfide) groups is 1. The molecule has 0 aromatic heterocycles. The molecule has 1 fully saturated rings. The third-order valence-corrected chi connectivity index (χ3v) is 3.47. The Morgan fingerprint density at radius 3 is 3.14 bits per heavy atom. The molecule has 1 saturated heterocycles. The summed E-state index contributed by atoms with van der Waals surface area (Å²) < 4.78 is 4.56. The highest BCUT2D eigenvalue weighted by Gasteiger charge is 2.12. The Balaban J connectivity index is 1.86. The lowest BCUT2D eigenvalue weighted by molar-refractivity contribution is -0.137. The summed E-state index contributed by atoms with van der Waals surface area (Å²) in [6, 6.07) is 0.730. The fourth-order valence-corrected chi connectivity index (χ4v) is 2.45. The number of nitrogens with one attached hydrogen (secondary N) is 1. The number of ether oxygens (including phenoxy) is 1. The van der Waals surface area contributed by atoms with E-state index in [1.807, 2.05) is 0 Å². The minimum atomic E-state index is -0.117. The lowest BCUT2D eigenvalue weighted by Gasteiger charge is -2.08. The SMILES string of the molecule is COC(=O)CSCCCC1CCCN1. The fourth-order valence-electron chi connectivity index (χ4n) is 1.65. The van der Waals surface area contributed by atoms with Crippen LogP contribution < -0.4 is 5.32 Å². The van der Waals surface area contributed by atoms with Crippen LogP contribution in [-0.4, -0.2) is 37.2 Å². The van der Waals surface area contributed by atoms with E-state index < -0.39 is 0 Å². The Labute approximate surface area is 90.0 Å². The Morgan fingerprint density at radius 1 is 1.64 bits per heavy atom. The van der Waals surface area contributed by atoms with Gasteiger partial charge in [0.05, 0.1) is 12.9 Å². The first-order chi connectivity index (χ1) is 6.83. The zero-order valence-corrected chi connectivity index (χ0v) is 9.57. The average Bonchev–Trinajstić information content (AvgIpc) is 2.69. The summed E-state index contributed by atoms with van der Waals surface area (Å²) in [5.41, 5.74) is 0. The predicted octanol–water partition coefficient (Wildman–Crippen LogP) is 1.42. The van der Waals surface area contributed by atoms with Crippen molar-refractivity contribution in [2.45, 2.75) is 31.7 Å². The van der Waals surface area contributed by atoms with Gasteiger partial charge in [-0.1, -0.05) is 0 Å². The first-order valence-electron chi connectivity index (χ1n) is 5.21. The molecule has 0 aliphatic carbocycles. The molecule has 0 spiro atoms. The molecule has 1 heterocycles. The first kappa shape index (κ1) is 11.9. The highest BCUT2D eigenvalue weighted by atomic mass is 32.2. The number of methoxy groups -OCH3 is 1. The van der Waals surface area contributed by atoms with Crippen molar-refractivity contribution in [2.24, 2.45) is 0 Å². The first-order valence-corrected chi connectivity index (χ1v) is 6.36. The average molecular weight is 217 g/mol. The topological polar surface area (TPSA) is 38.3 Å². The molecule has 1 rings (SSSR count). The van der Waals surface area contributed by atoms with E-state index in [4.69, 9.17) is 0 Å². The maximum absolute atomic E-state index is 10.8. The lowest BCUT2D eigenvalue weighted by Crippen LogP contribution is -2.21. The maximum atomic E-state index is 10.8. The molecule has 0 amide bonds. The fraction of sp³-hybridized carbons (Fsp3) is 0.900. The minimum absolute atomic E-state index is 0.117. The van der Waals surface area contributed by atoms with Gasteiger partial charge >= 0.3 is 5.97 Å². The molecule has 1 aliphatic heterocycles. The van der Waals surface area contributed by atoms with Crippen molar-refractivity contribution in [2.75, 3.05) is 25.2 Å². The standard InChI is InChI=1S/C10H19NO2S/c1-13-10(12)8-14-7-3-5-9-4-2-6-11-9/h9,11H,2-8H2,1H3. The highest BCUT2D eigenvalue weighted by Crippen LogP contribution is 2.13. The van der Waals surface area contributed by atoms with Gasteiger partial charge in [0.15, 0.2) is 0 Å². The lowest BCUT2D eigenvalue weighted by atomic mass is 10.1. The largest absolute Gasteiger partial charge is 0.468 e. The second kappa shape index (κ2) is 7.12. The van der Waals surface area contributed by atoms with Crippen LogP contribution in [0.1, 0.15) is 25.7 Å². The van der Waals surface area contributed by atoms with E-state index in [0.29, 0.717) is 5.75 Å². The van der Waals surface area contributed by atoms with Crippen molar-refractivity contribution in [1.29, 1.82) is 0 Å². The molecule has 1 aliphatic rings. The van der Waals surface area contributed by atoms with Gasteiger partial charge in [0.25, 0.3) is 0 Å². The summed E-state index contributed by atoms with van der Waals surface area (Å²) >= 11 is 1.67. The highest BCUT2D eigenvalue weighted by molar-refractivity contribution is 7.99. The van der Waals surface area contributed by atoms with Gasteiger partial charge < -0.3 is 10.1 Å². The van der Waals surface area contributed by atoms with E-state index >= 15 is 0 Å². The van der Waals surface area contributed by atoms with Crippen molar-refractivity contribution < 1.29 is 9.53 Å². The van der Waals surface area contributed by atoms with Crippen LogP contribution >= 0.6 is 11.8 Å². The van der Waals surface area contributed by atoms with Crippen LogP contribution in [0.4, 0.5) is 0 Å². The molecule has 1 N–H and O–H groups in total. The van der Waals surface area contributed by atoms with Crippen LogP contribution in [0.3, 0.4) is 0 Å². The van der Waals surface area contributed by atoms with Crippen molar-refractivity contribution >= 4 is 17.7 Å². The molecule has 0 radical (unpaired) electrons. The molecule has 82 valence electrons. The number of hydrogen-bond donors (Lipinski definition) is 1. The van der Waals surface area contributed by atoms with Crippen LogP contribution in [0.15, 0.2) is 0 Å². The molecule has 0 saturated carbocycles. The Bertz CT molecular complexity index is 170. The van der Waals surface area contributed by atoms with Crippen LogP contribution in [0.5, 0.6) is 0 Å². The number of carbonyl (C=O) groups excluding carboxylic acids is 1. The van der Waals surface area contributed by atoms with Crippen LogP contribution in [0.2, 0.25) is 0 Å². The van der Waals surface area contributed by atoms with Crippen LogP contribution in [0.25, 0.3) is 0 Å². The second-order valence-electron chi connectivity index (χ2n) is 3.56. The molecule has 0 bridgehead atoms. The summed E-state index contributed by atoms with van der Waals surface area (Å²) in [5, 5.41) is 3.47. The van der Waals surface area contributed by atoms with Crippen molar-refractivity contribution in [1.82, 2.24) is 5.32 Å². The van der Waals surface area contributed by atoms with Gasteiger partial charge in [-0.25, -0.2) is 0 Å². The molecule has 1 unspecified atom stereocenters. The normalized spacial score (nSPS) is 21.1. The van der Waals surface area contributed by atoms with E-state index in [1.54, 1.807) is 11.8 Å². The van der Waals surface area contributed by atoms with E-state index in [-0.39, 0.29) is 5.97 Å². The molecular weight excluding hydrogens is 198 g/mol. The molecule has 0 aromatic rings. The molecule has 0 aromatic carbocycles. The Morgan fingerprint density at radius 2 is 2.50 bits per heavy atom. The van der Waals surface area contributed by atoms with Crippen molar-refractivity contribution in [3.63, 3.8) is 0 Å². The van der Waals surface area contributed by atoms with Gasteiger partial charge in [0.1, 0.15) is 0 Å². The molecule has 4 heteroatoms. The van der Waals surface area contributed by atoms with E-state index in [2.05, 4.69) is 10.1 Å². The van der Waals surface area contributed by atoms with E-state index in [9.17, 15) is 4.79 Å². The van der Waals surface area contributed by atoms with E-state index in [0.717, 1.165) is 11.8 Å². The molecule has 1 atom stereocenters. The van der Waals surface area contributed by atoms with Crippen LogP contribution in [-0.2, 0) is 9.53 Å². The number of carbonyl (C=O) groups is 1. The maximum Gasteiger partial charge on any atom is 0.315 e. The van der Waals surface area contributed by atoms with Crippen molar-refractivity contribution in [3.05, 3.63) is 0 Å². The van der Waals surface area contributed by atoms with Gasteiger partial charge in [0, 0.05) is 6.04 Å². The molecule has 3 nitrogen and oxygen atoms in total. The Hall–Kier alpha value is -0.220. The zero-order valence-electron chi connectivity index (χ0n) is 8.75. The summed E-state index contributed by atoms with van der Waals surface area (Å²) in [6.45, 7) is 1.18. The number of esters is 1. The smallest absolute Gasteiger partial charge is 0.315 e. The zero-order chi connectivity index (χ0) is 10.2. The third kappa shape index (κ3) is 4.86. The minimum Gasteiger partial charge on any atom is -0.468 e. The third-order valence-electron chi connectivity index (χ3n) is 2.45. The van der Waals surface area contributed by atoms with Crippen LogP contribution in [0, 0.1) is 0 Å². The summed E-state index contributed by atoms with van der Waals surface area (Å²) in [7, 11) is 1.44.